The average molecular weight is 507 g/mol. The van der Waals surface area contributed by atoms with Gasteiger partial charge in [0, 0.05) is 16.7 Å². The van der Waals surface area contributed by atoms with Crippen LogP contribution in [-0.4, -0.2) is 21.3 Å². The van der Waals surface area contributed by atoms with Crippen LogP contribution in [0, 0.1) is 23.3 Å². The Morgan fingerprint density at radius 2 is 1.15 bits per heavy atom. The van der Waals surface area contributed by atoms with Crippen molar-refractivity contribution in [3.05, 3.63) is 81.9 Å². The fourth-order valence-electron chi connectivity index (χ4n) is 2.70. The zero-order valence-electron chi connectivity index (χ0n) is 17.9. The van der Waals surface area contributed by atoms with Gasteiger partial charge in [0.05, 0.1) is 32.8 Å². The van der Waals surface area contributed by atoms with E-state index in [2.05, 4.69) is 0 Å². The molecule has 0 aliphatic rings. The molecule has 4 nitrogen and oxygen atoms in total. The van der Waals surface area contributed by atoms with Crippen LogP contribution in [0.25, 0.3) is 0 Å². The molecule has 33 heavy (non-hydrogen) atoms. The lowest BCUT2D eigenvalue weighted by atomic mass is 10.2. The Morgan fingerprint density at radius 1 is 0.667 bits per heavy atom. The standard InChI is InChI=1S/C15H13ClF2O3.C8H7ClF2O/c1-19-12-6-4-11(17)15(18)10(12)8-21-13-5-3-9(16)7-14(13)20-2;1-12-7-3-2-6(10)8(11)5(7)4-9/h3-7H,8H2,1-2H3;2-3H,4H2,1H3. The van der Waals surface area contributed by atoms with Gasteiger partial charge >= 0.3 is 0 Å². The van der Waals surface area contributed by atoms with Crippen LogP contribution in [-0.2, 0) is 12.5 Å². The lowest BCUT2D eigenvalue weighted by Gasteiger charge is -2.13. The Kier molecular flexibility index (Phi) is 9.94. The molecule has 0 fully saturated rings. The highest BCUT2D eigenvalue weighted by Gasteiger charge is 2.16. The molecule has 0 aliphatic carbocycles. The van der Waals surface area contributed by atoms with Gasteiger partial charge in [-0.1, -0.05) is 11.6 Å². The summed E-state index contributed by atoms with van der Waals surface area (Å²) < 4.78 is 73.0. The minimum Gasteiger partial charge on any atom is -0.496 e. The lowest BCUT2D eigenvalue weighted by molar-refractivity contribution is 0.270. The van der Waals surface area contributed by atoms with Crippen molar-refractivity contribution in [2.45, 2.75) is 12.5 Å². The summed E-state index contributed by atoms with van der Waals surface area (Å²) in [7, 11) is 4.21. The molecular formula is C23H20Cl2F4O4. The van der Waals surface area contributed by atoms with Gasteiger partial charge in [-0.15, -0.1) is 11.6 Å². The van der Waals surface area contributed by atoms with Crippen LogP contribution in [0.3, 0.4) is 0 Å². The second kappa shape index (κ2) is 12.4. The molecule has 0 aromatic heterocycles. The minimum atomic E-state index is -0.998. The molecular weight excluding hydrogens is 487 g/mol. The van der Waals surface area contributed by atoms with Crippen molar-refractivity contribution in [3.63, 3.8) is 0 Å². The number of hydrogen-bond donors (Lipinski definition) is 0. The van der Waals surface area contributed by atoms with Crippen LogP contribution in [0.2, 0.25) is 5.02 Å². The fraction of sp³-hybridized carbons (Fsp3) is 0.217. The van der Waals surface area contributed by atoms with Crippen molar-refractivity contribution in [2.24, 2.45) is 0 Å². The van der Waals surface area contributed by atoms with E-state index in [0.29, 0.717) is 16.5 Å². The smallest absolute Gasteiger partial charge is 0.169 e. The molecule has 10 heteroatoms. The molecule has 0 bridgehead atoms. The van der Waals surface area contributed by atoms with Gasteiger partial charge in [-0.25, -0.2) is 17.6 Å². The first-order valence-corrected chi connectivity index (χ1v) is 10.2. The molecule has 0 saturated carbocycles. The quantitative estimate of drug-likeness (QED) is 0.257. The molecule has 0 unspecified atom stereocenters. The van der Waals surface area contributed by atoms with Crippen molar-refractivity contribution < 1.29 is 36.5 Å². The maximum absolute atomic E-state index is 13.8. The minimum absolute atomic E-state index is 0.00509. The van der Waals surface area contributed by atoms with Gasteiger partial charge in [0.2, 0.25) is 0 Å². The van der Waals surface area contributed by atoms with Crippen molar-refractivity contribution >= 4 is 23.2 Å². The maximum Gasteiger partial charge on any atom is 0.169 e. The summed E-state index contributed by atoms with van der Waals surface area (Å²) in [5.74, 6) is -2.67. The van der Waals surface area contributed by atoms with Crippen LogP contribution < -0.4 is 18.9 Å². The summed E-state index contributed by atoms with van der Waals surface area (Å²) in [5, 5.41) is 0.480. The molecule has 3 aromatic carbocycles. The molecule has 0 spiro atoms. The van der Waals surface area contributed by atoms with Gasteiger partial charge in [-0.05, 0) is 36.4 Å². The van der Waals surface area contributed by atoms with Gasteiger partial charge in [-0.3, -0.25) is 0 Å². The number of halogens is 6. The summed E-state index contributed by atoms with van der Waals surface area (Å²) in [4.78, 5) is 0. The summed E-state index contributed by atoms with van der Waals surface area (Å²) in [6.07, 6.45) is 0. The number of hydrogen-bond acceptors (Lipinski definition) is 4. The van der Waals surface area contributed by atoms with E-state index in [-0.39, 0.29) is 35.1 Å². The van der Waals surface area contributed by atoms with Crippen LogP contribution in [0.15, 0.2) is 42.5 Å². The first-order valence-electron chi connectivity index (χ1n) is 9.31. The zero-order valence-corrected chi connectivity index (χ0v) is 19.4. The highest BCUT2D eigenvalue weighted by molar-refractivity contribution is 6.30. The topological polar surface area (TPSA) is 36.9 Å². The van der Waals surface area contributed by atoms with E-state index in [9.17, 15) is 17.6 Å². The molecule has 0 amide bonds. The van der Waals surface area contributed by atoms with E-state index >= 15 is 0 Å². The third-order valence-electron chi connectivity index (χ3n) is 4.38. The third kappa shape index (κ3) is 6.58. The third-order valence-corrected chi connectivity index (χ3v) is 4.88. The second-order valence-electron chi connectivity index (χ2n) is 6.30. The number of rotatable bonds is 7. The average Bonchev–Trinajstić information content (AvgIpc) is 2.82. The summed E-state index contributed by atoms with van der Waals surface area (Å²) in [5.41, 5.74) is 0.0497. The molecule has 0 aliphatic heterocycles. The fourth-order valence-corrected chi connectivity index (χ4v) is 3.11. The maximum atomic E-state index is 13.8. The van der Waals surface area contributed by atoms with Gasteiger partial charge in [0.25, 0.3) is 0 Å². The number of benzene rings is 3. The van der Waals surface area contributed by atoms with Gasteiger partial charge in [0.1, 0.15) is 18.1 Å². The number of alkyl halides is 1. The summed E-state index contributed by atoms with van der Waals surface area (Å²) in [6, 6.07) is 9.45. The normalized spacial score (nSPS) is 10.2. The van der Waals surface area contributed by atoms with Crippen molar-refractivity contribution in [2.75, 3.05) is 21.3 Å². The molecule has 178 valence electrons. The molecule has 0 N–H and O–H groups in total. The monoisotopic (exact) mass is 506 g/mol. The highest BCUT2D eigenvalue weighted by Crippen LogP contribution is 2.32. The van der Waals surface area contributed by atoms with Crippen LogP contribution in [0.4, 0.5) is 17.6 Å². The highest BCUT2D eigenvalue weighted by atomic mass is 35.5. The van der Waals surface area contributed by atoms with Gasteiger partial charge in [-0.2, -0.15) is 0 Å². The molecule has 0 saturated heterocycles. The van der Waals surface area contributed by atoms with E-state index < -0.39 is 23.3 Å². The second-order valence-corrected chi connectivity index (χ2v) is 7.01. The number of methoxy groups -OCH3 is 3. The Bertz CT molecular complexity index is 1100. The van der Waals surface area contributed by atoms with E-state index in [4.69, 9.17) is 42.1 Å². The molecule has 0 heterocycles. The van der Waals surface area contributed by atoms with Crippen molar-refractivity contribution in [1.29, 1.82) is 0 Å². The van der Waals surface area contributed by atoms with Crippen molar-refractivity contribution in [3.8, 4) is 23.0 Å². The van der Waals surface area contributed by atoms with Crippen LogP contribution in [0.1, 0.15) is 11.1 Å². The predicted molar refractivity (Wildman–Crippen MR) is 118 cm³/mol. The van der Waals surface area contributed by atoms with Crippen LogP contribution in [0.5, 0.6) is 23.0 Å². The van der Waals surface area contributed by atoms with E-state index in [1.165, 1.54) is 33.5 Å². The SMILES string of the molecule is COc1cc(Cl)ccc1OCc1c(OC)ccc(F)c1F.COc1ccc(F)c(F)c1CCl. The lowest BCUT2D eigenvalue weighted by Crippen LogP contribution is -2.04. The van der Waals surface area contributed by atoms with E-state index in [0.717, 1.165) is 12.1 Å². The Hall–Kier alpha value is -2.84. The number of ether oxygens (including phenoxy) is 4. The molecule has 0 atom stereocenters. The van der Waals surface area contributed by atoms with Gasteiger partial charge in [0.15, 0.2) is 34.8 Å². The first-order chi connectivity index (χ1) is 15.8. The van der Waals surface area contributed by atoms with E-state index in [1.54, 1.807) is 18.2 Å². The van der Waals surface area contributed by atoms with Crippen LogP contribution >= 0.6 is 23.2 Å². The summed E-state index contributed by atoms with van der Waals surface area (Å²) >= 11 is 11.2. The Labute approximate surface area is 198 Å². The largest absolute Gasteiger partial charge is 0.496 e. The molecule has 3 rings (SSSR count). The van der Waals surface area contributed by atoms with Gasteiger partial charge < -0.3 is 18.9 Å². The Balaban J connectivity index is 0.000000273. The zero-order chi connectivity index (χ0) is 24.5. The molecule has 0 radical (unpaired) electrons. The predicted octanol–water partition coefficient (Wildman–Crippen LogP) is 6.93. The Morgan fingerprint density at radius 3 is 1.67 bits per heavy atom. The van der Waals surface area contributed by atoms with Crippen molar-refractivity contribution in [1.82, 2.24) is 0 Å². The molecule has 3 aromatic rings. The van der Waals surface area contributed by atoms with E-state index in [1.807, 2.05) is 0 Å². The summed E-state index contributed by atoms with van der Waals surface area (Å²) in [6.45, 7) is -0.204. The first kappa shape index (κ1) is 26.4.